The summed E-state index contributed by atoms with van der Waals surface area (Å²) in [7, 11) is 1.34. The number of hydrogen-bond donors (Lipinski definition) is 1. The van der Waals surface area contributed by atoms with Gasteiger partial charge in [0.05, 0.1) is 7.11 Å². The summed E-state index contributed by atoms with van der Waals surface area (Å²) in [4.78, 5) is 15.3. The molecule has 1 aromatic rings. The van der Waals surface area contributed by atoms with Gasteiger partial charge in [0.15, 0.2) is 5.69 Å². The summed E-state index contributed by atoms with van der Waals surface area (Å²) < 4.78 is 10.5. The number of methoxy groups -OCH3 is 1. The van der Waals surface area contributed by atoms with Crippen LogP contribution in [0, 0.1) is 5.92 Å². The number of piperidine rings is 1. The summed E-state index contributed by atoms with van der Waals surface area (Å²) >= 11 is 0. The van der Waals surface area contributed by atoms with Crippen molar-refractivity contribution in [3.63, 3.8) is 0 Å². The molecule has 5 heteroatoms. The number of rotatable bonds is 3. The molecule has 0 bridgehead atoms. The lowest BCUT2D eigenvalue weighted by molar-refractivity contribution is 0.0592. The van der Waals surface area contributed by atoms with E-state index in [9.17, 15) is 4.79 Å². The smallest absolute Gasteiger partial charge is 0.356 e. The molecule has 0 aromatic carbocycles. The topological polar surface area (TPSA) is 60.5 Å². The van der Waals surface area contributed by atoms with Crippen LogP contribution in [0.3, 0.4) is 0 Å². The molecular weight excluding hydrogens is 232 g/mol. The first kappa shape index (κ1) is 12.8. The van der Waals surface area contributed by atoms with Crippen LogP contribution in [0.4, 0.5) is 0 Å². The van der Waals surface area contributed by atoms with Gasteiger partial charge in [0.2, 0.25) is 0 Å². The van der Waals surface area contributed by atoms with E-state index >= 15 is 0 Å². The fourth-order valence-electron chi connectivity index (χ4n) is 1.99. The Hall–Kier alpha value is -1.62. The largest absolute Gasteiger partial charge is 0.489 e. The van der Waals surface area contributed by atoms with Crippen LogP contribution in [0.25, 0.3) is 0 Å². The summed E-state index contributed by atoms with van der Waals surface area (Å²) in [5, 5.41) is 3.30. The van der Waals surface area contributed by atoms with Crippen LogP contribution in [0.15, 0.2) is 18.3 Å². The molecule has 0 saturated carbocycles. The van der Waals surface area contributed by atoms with Crippen LogP contribution in [0.2, 0.25) is 0 Å². The number of nitrogens with zero attached hydrogens (tertiary/aromatic N) is 1. The zero-order valence-electron chi connectivity index (χ0n) is 10.7. The molecule has 5 nitrogen and oxygen atoms in total. The van der Waals surface area contributed by atoms with Crippen LogP contribution in [-0.2, 0) is 4.74 Å². The van der Waals surface area contributed by atoms with Crippen molar-refractivity contribution in [1.82, 2.24) is 10.3 Å². The van der Waals surface area contributed by atoms with Crippen LogP contribution >= 0.6 is 0 Å². The fraction of sp³-hybridized carbons (Fsp3) is 0.538. The van der Waals surface area contributed by atoms with E-state index in [1.807, 2.05) is 0 Å². The first-order valence-electron chi connectivity index (χ1n) is 6.12. The van der Waals surface area contributed by atoms with Crippen LogP contribution in [-0.4, -0.2) is 37.3 Å². The molecule has 1 fully saturated rings. The molecule has 18 heavy (non-hydrogen) atoms. The lowest BCUT2D eigenvalue weighted by Crippen LogP contribution is -2.42. The molecule has 1 saturated heterocycles. The maximum absolute atomic E-state index is 11.4. The Labute approximate surface area is 107 Å². The van der Waals surface area contributed by atoms with E-state index in [1.165, 1.54) is 7.11 Å². The predicted octanol–water partition coefficient (Wildman–Crippen LogP) is 1.24. The molecule has 2 atom stereocenters. The van der Waals surface area contributed by atoms with Gasteiger partial charge in [-0.3, -0.25) is 0 Å². The van der Waals surface area contributed by atoms with Crippen molar-refractivity contribution < 1.29 is 14.3 Å². The van der Waals surface area contributed by atoms with Crippen molar-refractivity contribution in [3.05, 3.63) is 24.0 Å². The van der Waals surface area contributed by atoms with Gasteiger partial charge >= 0.3 is 5.97 Å². The minimum Gasteiger partial charge on any atom is -0.489 e. The predicted molar refractivity (Wildman–Crippen MR) is 66.6 cm³/mol. The van der Waals surface area contributed by atoms with Crippen molar-refractivity contribution in [2.75, 3.05) is 20.2 Å². The van der Waals surface area contributed by atoms with E-state index in [-0.39, 0.29) is 11.8 Å². The van der Waals surface area contributed by atoms with Crippen molar-refractivity contribution in [3.8, 4) is 5.75 Å². The van der Waals surface area contributed by atoms with Gasteiger partial charge in [-0.05, 0) is 24.9 Å². The van der Waals surface area contributed by atoms with Crippen LogP contribution in [0.1, 0.15) is 23.8 Å². The molecule has 0 aliphatic carbocycles. The van der Waals surface area contributed by atoms with Gasteiger partial charge in [-0.25, -0.2) is 9.78 Å². The molecule has 1 aliphatic heterocycles. The standard InChI is InChI=1S/C13H18N2O3/c1-9-3-5-14-8-12(9)18-10-4-6-15-11(7-10)13(16)17-2/h4,6-7,9,12,14H,3,5,8H2,1-2H3. The maximum atomic E-state index is 11.4. The Morgan fingerprint density at radius 1 is 1.56 bits per heavy atom. The normalized spacial score (nSPS) is 23.4. The summed E-state index contributed by atoms with van der Waals surface area (Å²) in [6, 6.07) is 3.38. The summed E-state index contributed by atoms with van der Waals surface area (Å²) in [6.45, 7) is 4.04. The third-order valence-electron chi connectivity index (χ3n) is 3.17. The van der Waals surface area contributed by atoms with E-state index in [1.54, 1.807) is 18.3 Å². The molecule has 0 spiro atoms. The number of pyridine rings is 1. The number of esters is 1. The Balaban J connectivity index is 2.06. The van der Waals surface area contributed by atoms with Crippen molar-refractivity contribution >= 4 is 5.97 Å². The lowest BCUT2D eigenvalue weighted by atomic mass is 9.97. The van der Waals surface area contributed by atoms with Gasteiger partial charge in [-0.15, -0.1) is 0 Å². The molecule has 2 rings (SSSR count). The summed E-state index contributed by atoms with van der Waals surface area (Å²) in [6.07, 6.45) is 2.79. The zero-order chi connectivity index (χ0) is 13.0. The van der Waals surface area contributed by atoms with Gasteiger partial charge in [-0.1, -0.05) is 6.92 Å². The fourth-order valence-corrected chi connectivity index (χ4v) is 1.99. The second-order valence-corrected chi connectivity index (χ2v) is 4.49. The van der Waals surface area contributed by atoms with Gasteiger partial charge in [-0.2, -0.15) is 0 Å². The molecule has 98 valence electrons. The second-order valence-electron chi connectivity index (χ2n) is 4.49. The quantitative estimate of drug-likeness (QED) is 0.818. The van der Waals surface area contributed by atoms with Crippen LogP contribution < -0.4 is 10.1 Å². The Morgan fingerprint density at radius 2 is 2.39 bits per heavy atom. The highest BCUT2D eigenvalue weighted by Crippen LogP contribution is 2.20. The summed E-state index contributed by atoms with van der Waals surface area (Å²) in [5.74, 6) is 0.710. The van der Waals surface area contributed by atoms with E-state index in [2.05, 4.69) is 22.0 Å². The minimum absolute atomic E-state index is 0.131. The number of carbonyl (C=O) groups excluding carboxylic acids is 1. The number of hydrogen-bond acceptors (Lipinski definition) is 5. The zero-order valence-corrected chi connectivity index (χ0v) is 10.7. The molecule has 1 aliphatic rings. The lowest BCUT2D eigenvalue weighted by Gasteiger charge is -2.30. The third-order valence-corrected chi connectivity index (χ3v) is 3.17. The third kappa shape index (κ3) is 2.98. The van der Waals surface area contributed by atoms with Gasteiger partial charge in [0, 0.05) is 18.8 Å². The molecule has 2 heterocycles. The van der Waals surface area contributed by atoms with E-state index < -0.39 is 5.97 Å². The molecule has 1 aromatic heterocycles. The van der Waals surface area contributed by atoms with Crippen molar-refractivity contribution in [1.29, 1.82) is 0 Å². The monoisotopic (exact) mass is 250 g/mol. The van der Waals surface area contributed by atoms with Gasteiger partial charge in [0.1, 0.15) is 11.9 Å². The van der Waals surface area contributed by atoms with Crippen molar-refractivity contribution in [2.24, 2.45) is 5.92 Å². The number of aromatic nitrogens is 1. The number of nitrogens with one attached hydrogen (secondary N) is 1. The highest BCUT2D eigenvalue weighted by atomic mass is 16.5. The molecule has 0 amide bonds. The Kier molecular flexibility index (Phi) is 4.15. The number of ether oxygens (including phenoxy) is 2. The molecular formula is C13H18N2O3. The Morgan fingerprint density at radius 3 is 3.11 bits per heavy atom. The van der Waals surface area contributed by atoms with E-state index in [0.29, 0.717) is 11.7 Å². The van der Waals surface area contributed by atoms with Crippen LogP contribution in [0.5, 0.6) is 5.75 Å². The maximum Gasteiger partial charge on any atom is 0.356 e. The van der Waals surface area contributed by atoms with Gasteiger partial charge in [0.25, 0.3) is 0 Å². The minimum atomic E-state index is -0.449. The first-order valence-corrected chi connectivity index (χ1v) is 6.12. The summed E-state index contributed by atoms with van der Waals surface area (Å²) in [5.41, 5.74) is 0.270. The average molecular weight is 250 g/mol. The highest BCUT2D eigenvalue weighted by Gasteiger charge is 2.23. The average Bonchev–Trinajstić information content (AvgIpc) is 2.41. The number of carbonyl (C=O) groups is 1. The second kappa shape index (κ2) is 5.82. The SMILES string of the molecule is COC(=O)c1cc(OC2CNCCC2C)ccn1. The molecule has 1 N–H and O–H groups in total. The molecule has 2 unspecified atom stereocenters. The van der Waals surface area contributed by atoms with Gasteiger partial charge < -0.3 is 14.8 Å². The Bertz CT molecular complexity index is 422. The van der Waals surface area contributed by atoms with E-state index in [4.69, 9.17) is 4.74 Å². The van der Waals surface area contributed by atoms with Crippen molar-refractivity contribution in [2.45, 2.75) is 19.4 Å². The first-order chi connectivity index (χ1) is 8.70. The highest BCUT2D eigenvalue weighted by molar-refractivity contribution is 5.87. The van der Waals surface area contributed by atoms with E-state index in [0.717, 1.165) is 19.5 Å². The molecule has 0 radical (unpaired) electrons.